The van der Waals surface area contributed by atoms with Crippen LogP contribution in [0.25, 0.3) is 0 Å². The van der Waals surface area contributed by atoms with Crippen molar-refractivity contribution in [3.8, 4) is 0 Å². The number of fused-ring (bicyclic) bond motifs is 2. The average Bonchev–Trinajstić information content (AvgIpc) is 3.93. The highest BCUT2D eigenvalue weighted by Crippen LogP contribution is 2.47. The molecule has 17 heteroatoms. The number of carbonyl (C=O) groups is 3. The number of nitrogens with one attached hydrogen (secondary N) is 2. The fourth-order valence-corrected chi connectivity index (χ4v) is 10.6. The van der Waals surface area contributed by atoms with E-state index in [0.29, 0.717) is 5.13 Å². The fourth-order valence-electron chi connectivity index (χ4n) is 7.34. The number of hydrogen-bond donors (Lipinski definition) is 3. The lowest BCUT2D eigenvalue weighted by Gasteiger charge is -2.53. The Labute approximate surface area is 340 Å². The maximum absolute atomic E-state index is 13.8. The van der Waals surface area contributed by atoms with Crippen LogP contribution in [-0.2, 0) is 24.8 Å². The lowest BCUT2D eigenvalue weighted by Crippen LogP contribution is -2.73. The standard InChI is InChI=1S/C40H37FN8O5S3/c1-25-29(56-30-20-47(2)24-49(25)30)18-19-39(37(52)53)21-48-35(51)32(36(48)55-22-39)42-34(50)31(45-54-23-41)33-43-38(57-46-33)44-40(26-12-6-3-7-13-26,27-14-8-4-9-15-27)28-16-10-5-11-17-28/h3-20,32,36H,21-24H2,1-2H3,(H,42,50)(H,52,53)(H,43,44,46)/t32-,36-,39?/m1/s1. The van der Waals surface area contributed by atoms with Crippen LogP contribution in [0.3, 0.4) is 0 Å². The highest BCUT2D eigenvalue weighted by Gasteiger charge is 2.57. The molecule has 0 saturated carbocycles. The number of allylic oxidation sites excluding steroid dienone is 2. The number of amides is 2. The molecule has 4 aromatic rings. The van der Waals surface area contributed by atoms with Gasteiger partial charge >= 0.3 is 5.97 Å². The van der Waals surface area contributed by atoms with Gasteiger partial charge in [-0.2, -0.15) is 9.36 Å². The van der Waals surface area contributed by atoms with Crippen molar-refractivity contribution in [3.05, 3.63) is 147 Å². The van der Waals surface area contributed by atoms with Crippen LogP contribution in [-0.4, -0.2) is 96.9 Å². The Balaban J connectivity index is 1.01. The number of rotatable bonds is 13. The topological polar surface area (TPSA) is 153 Å². The quantitative estimate of drug-likeness (QED) is 0.0667. The minimum atomic E-state index is -1.33. The number of oxime groups is 1. The number of aromatic nitrogens is 2. The van der Waals surface area contributed by atoms with Crippen LogP contribution in [0.1, 0.15) is 29.4 Å². The van der Waals surface area contributed by atoms with Gasteiger partial charge in [-0.05, 0) is 29.7 Å². The molecule has 3 N–H and O–H groups in total. The highest BCUT2D eigenvalue weighted by atomic mass is 32.2. The van der Waals surface area contributed by atoms with Gasteiger partial charge in [0.1, 0.15) is 22.4 Å². The van der Waals surface area contributed by atoms with Gasteiger partial charge in [0.05, 0.1) is 11.7 Å². The number of carboxylic acid groups (broad SMARTS) is 1. The van der Waals surface area contributed by atoms with E-state index in [2.05, 4.69) is 34.9 Å². The van der Waals surface area contributed by atoms with Gasteiger partial charge in [0.2, 0.25) is 22.6 Å². The van der Waals surface area contributed by atoms with E-state index in [1.807, 2.05) is 117 Å². The number of alkyl halides is 1. The monoisotopic (exact) mass is 824 g/mol. The second-order valence-electron chi connectivity index (χ2n) is 13.8. The van der Waals surface area contributed by atoms with Crippen molar-refractivity contribution >= 4 is 63.7 Å². The molecule has 0 radical (unpaired) electrons. The first kappa shape index (κ1) is 38.2. The molecule has 2 fully saturated rings. The summed E-state index contributed by atoms with van der Waals surface area (Å²) in [5.74, 6) is -2.30. The van der Waals surface area contributed by atoms with E-state index < -0.39 is 52.7 Å². The zero-order valence-electron chi connectivity index (χ0n) is 30.7. The maximum atomic E-state index is 13.8. The van der Waals surface area contributed by atoms with E-state index in [1.54, 1.807) is 17.8 Å². The van der Waals surface area contributed by atoms with Crippen LogP contribution < -0.4 is 10.6 Å². The van der Waals surface area contributed by atoms with Crippen molar-refractivity contribution in [1.29, 1.82) is 0 Å². The van der Waals surface area contributed by atoms with Gasteiger partial charge in [0.15, 0.2) is 0 Å². The lowest BCUT2D eigenvalue weighted by molar-refractivity contribution is -0.156. The van der Waals surface area contributed by atoms with Crippen LogP contribution in [0.2, 0.25) is 0 Å². The number of anilines is 1. The summed E-state index contributed by atoms with van der Waals surface area (Å²) < 4.78 is 17.7. The second kappa shape index (κ2) is 15.7. The zero-order valence-corrected chi connectivity index (χ0v) is 33.2. The van der Waals surface area contributed by atoms with E-state index >= 15 is 0 Å². The number of aliphatic carboxylic acids is 1. The highest BCUT2D eigenvalue weighted by molar-refractivity contribution is 8.07. The molecule has 5 heterocycles. The van der Waals surface area contributed by atoms with E-state index in [-0.39, 0.29) is 18.1 Å². The lowest BCUT2D eigenvalue weighted by atomic mass is 9.77. The van der Waals surface area contributed by atoms with Crippen LogP contribution in [0.4, 0.5) is 9.52 Å². The van der Waals surface area contributed by atoms with Gasteiger partial charge in [-0.1, -0.05) is 114 Å². The number of carboxylic acids is 1. The van der Waals surface area contributed by atoms with Crippen molar-refractivity contribution in [2.45, 2.75) is 23.9 Å². The molecule has 0 bridgehead atoms. The molecule has 292 valence electrons. The third kappa shape index (κ3) is 7.03. The molecule has 4 aliphatic heterocycles. The molecule has 2 saturated heterocycles. The Morgan fingerprint density at radius 2 is 1.68 bits per heavy atom. The Morgan fingerprint density at radius 1 is 1.05 bits per heavy atom. The first-order valence-corrected chi connectivity index (χ1v) is 20.6. The normalized spacial score (nSPS) is 21.9. The summed E-state index contributed by atoms with van der Waals surface area (Å²) in [6, 6.07) is 28.6. The molecule has 0 spiro atoms. The fraction of sp³-hybridized carbons (Fsp3) is 0.250. The molecule has 4 aliphatic rings. The van der Waals surface area contributed by atoms with Gasteiger partial charge < -0.3 is 35.3 Å². The Morgan fingerprint density at radius 3 is 2.26 bits per heavy atom. The number of thioether (sulfide) groups is 2. The van der Waals surface area contributed by atoms with Crippen LogP contribution in [0.15, 0.2) is 130 Å². The predicted octanol–water partition coefficient (Wildman–Crippen LogP) is 5.60. The molecule has 0 aliphatic carbocycles. The maximum Gasteiger partial charge on any atom is 0.316 e. The molecule has 2 amide bonds. The number of β-lactam (4-membered cyclic amide) rings is 1. The predicted molar refractivity (Wildman–Crippen MR) is 218 cm³/mol. The first-order chi connectivity index (χ1) is 27.6. The summed E-state index contributed by atoms with van der Waals surface area (Å²) in [4.78, 5) is 56.0. The van der Waals surface area contributed by atoms with Crippen molar-refractivity contribution < 1.29 is 28.7 Å². The summed E-state index contributed by atoms with van der Waals surface area (Å²) in [5, 5.41) is 21.3. The van der Waals surface area contributed by atoms with Crippen LogP contribution >= 0.6 is 35.1 Å². The molecule has 1 unspecified atom stereocenters. The van der Waals surface area contributed by atoms with E-state index in [0.717, 1.165) is 50.5 Å². The summed E-state index contributed by atoms with van der Waals surface area (Å²) >= 11 is 3.82. The molecular formula is C40H37FN8O5S3. The number of benzene rings is 3. The van der Waals surface area contributed by atoms with Crippen LogP contribution in [0.5, 0.6) is 0 Å². The van der Waals surface area contributed by atoms with Crippen molar-refractivity contribution in [2.24, 2.45) is 10.6 Å². The minimum absolute atomic E-state index is 0.0611. The average molecular weight is 825 g/mol. The first-order valence-electron chi connectivity index (χ1n) is 17.9. The Bertz CT molecular complexity index is 2210. The van der Waals surface area contributed by atoms with Crippen molar-refractivity contribution in [3.63, 3.8) is 0 Å². The van der Waals surface area contributed by atoms with Crippen LogP contribution in [0, 0.1) is 5.41 Å². The van der Waals surface area contributed by atoms with Gasteiger partial charge in [-0.15, -0.1) is 11.8 Å². The Kier molecular flexibility index (Phi) is 10.5. The second-order valence-corrected chi connectivity index (χ2v) is 16.8. The molecule has 3 aromatic carbocycles. The SMILES string of the molecule is CC1=C(C=CC2(C(=O)O)CS[C@@H]3[C@H](NC(=O)C(=NOCF)c4nsc(NC(c5ccccc5)(c5ccccc5)c5ccccc5)n4)C(=O)N3C2)SC2=CN(C)CN21. The van der Waals surface area contributed by atoms with Gasteiger partial charge in [-0.3, -0.25) is 14.4 Å². The Hall–Kier alpha value is -5.65. The van der Waals surface area contributed by atoms with Crippen molar-refractivity contribution in [1.82, 2.24) is 29.4 Å². The number of nitrogens with zero attached hydrogens (tertiary/aromatic N) is 6. The molecule has 57 heavy (non-hydrogen) atoms. The number of halogens is 1. The van der Waals surface area contributed by atoms with E-state index in [1.165, 1.54) is 16.7 Å². The zero-order chi connectivity index (χ0) is 39.7. The molecule has 3 atom stereocenters. The molecule has 1 aromatic heterocycles. The molecular weight excluding hydrogens is 788 g/mol. The third-order valence-electron chi connectivity index (χ3n) is 10.3. The van der Waals surface area contributed by atoms with E-state index in [9.17, 15) is 23.9 Å². The third-order valence-corrected chi connectivity index (χ3v) is 13.6. The van der Waals surface area contributed by atoms with Gasteiger partial charge in [0.25, 0.3) is 12.8 Å². The number of carbonyl (C=O) groups excluding carboxylic acids is 2. The van der Waals surface area contributed by atoms with E-state index in [4.69, 9.17) is 4.84 Å². The molecule has 8 rings (SSSR count). The summed E-state index contributed by atoms with van der Waals surface area (Å²) in [5.41, 5.74) is 1.10. The minimum Gasteiger partial charge on any atom is -0.481 e. The summed E-state index contributed by atoms with van der Waals surface area (Å²) in [6.45, 7) is 1.35. The van der Waals surface area contributed by atoms with Crippen molar-refractivity contribution in [2.75, 3.05) is 38.2 Å². The smallest absolute Gasteiger partial charge is 0.316 e. The summed E-state index contributed by atoms with van der Waals surface area (Å²) in [6.07, 6.45) is 5.56. The summed E-state index contributed by atoms with van der Waals surface area (Å²) in [7, 11) is 1.99. The largest absolute Gasteiger partial charge is 0.481 e. The number of hydrogen-bond acceptors (Lipinski definition) is 13. The molecule has 13 nitrogen and oxygen atoms in total. The van der Waals surface area contributed by atoms with Gasteiger partial charge in [-0.25, -0.2) is 4.39 Å². The van der Waals surface area contributed by atoms with Gasteiger partial charge in [0, 0.05) is 47.7 Å².